The van der Waals surface area contributed by atoms with Gasteiger partial charge in [0.05, 0.1) is 5.41 Å². The summed E-state index contributed by atoms with van der Waals surface area (Å²) in [5.41, 5.74) is -0.155. The molecule has 2 atom stereocenters. The zero-order valence-corrected chi connectivity index (χ0v) is 12.3. The summed E-state index contributed by atoms with van der Waals surface area (Å²) in [4.78, 5) is 12.4. The molecule has 1 saturated heterocycles. The normalized spacial score (nSPS) is 25.7. The molecule has 0 aromatic carbocycles. The van der Waals surface area contributed by atoms with Gasteiger partial charge in [0.1, 0.15) is 0 Å². The first-order valence-corrected chi connectivity index (χ1v) is 7.66. The minimum Gasteiger partial charge on any atom is -0.353 e. The van der Waals surface area contributed by atoms with Gasteiger partial charge in [-0.1, -0.05) is 33.1 Å². The van der Waals surface area contributed by atoms with Crippen LogP contribution in [0.3, 0.4) is 0 Å². The largest absolute Gasteiger partial charge is 0.353 e. The Kier molecular flexibility index (Phi) is 6.69. The van der Waals surface area contributed by atoms with E-state index in [9.17, 15) is 4.79 Å². The van der Waals surface area contributed by atoms with Crippen LogP contribution >= 0.6 is 0 Å². The molecule has 3 nitrogen and oxygen atoms in total. The number of hydrogen-bond donors (Lipinski definition) is 2. The maximum absolute atomic E-state index is 12.4. The molecule has 1 amide bonds. The molecule has 3 heteroatoms. The second kappa shape index (κ2) is 7.78. The predicted molar refractivity (Wildman–Crippen MR) is 76.6 cm³/mol. The van der Waals surface area contributed by atoms with E-state index in [-0.39, 0.29) is 11.3 Å². The van der Waals surface area contributed by atoms with Crippen LogP contribution in [0.5, 0.6) is 0 Å². The number of carbonyl (C=O) groups excluding carboxylic acids is 1. The van der Waals surface area contributed by atoms with E-state index in [1.807, 2.05) is 0 Å². The highest BCUT2D eigenvalue weighted by Crippen LogP contribution is 2.30. The Bertz CT molecular complexity index is 247. The fraction of sp³-hybridized carbons (Fsp3) is 0.933. The van der Waals surface area contributed by atoms with Crippen LogP contribution < -0.4 is 10.6 Å². The Morgan fingerprint density at radius 3 is 2.72 bits per heavy atom. The minimum absolute atomic E-state index is 0.155. The van der Waals surface area contributed by atoms with E-state index in [1.165, 1.54) is 19.3 Å². The quantitative estimate of drug-likeness (QED) is 0.686. The zero-order valence-electron chi connectivity index (χ0n) is 12.3. The molecule has 1 heterocycles. The third-order valence-electron chi connectivity index (χ3n) is 4.25. The van der Waals surface area contributed by atoms with Crippen molar-refractivity contribution in [1.82, 2.24) is 10.6 Å². The lowest BCUT2D eigenvalue weighted by atomic mass is 9.77. The van der Waals surface area contributed by atoms with Crippen LogP contribution in [0, 0.1) is 5.41 Å². The van der Waals surface area contributed by atoms with Gasteiger partial charge in [-0.2, -0.15) is 0 Å². The summed E-state index contributed by atoms with van der Waals surface area (Å²) in [6.45, 7) is 8.38. The van der Waals surface area contributed by atoms with E-state index in [0.29, 0.717) is 6.04 Å². The fourth-order valence-electron chi connectivity index (χ4n) is 2.77. The van der Waals surface area contributed by atoms with Crippen LogP contribution in [0.25, 0.3) is 0 Å². The van der Waals surface area contributed by atoms with Crippen molar-refractivity contribution in [2.75, 3.05) is 13.1 Å². The first-order chi connectivity index (χ1) is 8.64. The average molecular weight is 254 g/mol. The molecule has 106 valence electrons. The van der Waals surface area contributed by atoms with Crippen LogP contribution in [0.2, 0.25) is 0 Å². The highest BCUT2D eigenvalue weighted by molar-refractivity contribution is 5.83. The van der Waals surface area contributed by atoms with Gasteiger partial charge in [-0.25, -0.2) is 0 Å². The van der Waals surface area contributed by atoms with Crippen molar-refractivity contribution in [3.8, 4) is 0 Å². The summed E-state index contributed by atoms with van der Waals surface area (Å²) >= 11 is 0. The monoisotopic (exact) mass is 254 g/mol. The molecule has 1 aliphatic heterocycles. The summed E-state index contributed by atoms with van der Waals surface area (Å²) in [6, 6.07) is 0.314. The van der Waals surface area contributed by atoms with Gasteiger partial charge in [-0.15, -0.1) is 0 Å². The lowest BCUT2D eigenvalue weighted by Gasteiger charge is -2.36. The average Bonchev–Trinajstić information content (AvgIpc) is 2.39. The van der Waals surface area contributed by atoms with E-state index >= 15 is 0 Å². The third-order valence-corrected chi connectivity index (χ3v) is 4.25. The second-order valence-electron chi connectivity index (χ2n) is 5.78. The van der Waals surface area contributed by atoms with Crippen molar-refractivity contribution in [1.29, 1.82) is 0 Å². The lowest BCUT2D eigenvalue weighted by Crippen LogP contribution is -2.52. The van der Waals surface area contributed by atoms with E-state index < -0.39 is 0 Å². The molecular weight excluding hydrogens is 224 g/mol. The van der Waals surface area contributed by atoms with E-state index in [4.69, 9.17) is 0 Å². The zero-order chi connectivity index (χ0) is 13.4. The first kappa shape index (κ1) is 15.5. The number of hydrogen-bond acceptors (Lipinski definition) is 2. The molecule has 0 aliphatic carbocycles. The number of nitrogens with one attached hydrogen (secondary N) is 2. The van der Waals surface area contributed by atoms with Gasteiger partial charge in [-0.05, 0) is 39.2 Å². The van der Waals surface area contributed by atoms with Crippen LogP contribution in [0.1, 0.15) is 65.7 Å². The highest BCUT2D eigenvalue weighted by atomic mass is 16.2. The molecule has 0 saturated carbocycles. The number of carbonyl (C=O) groups is 1. The van der Waals surface area contributed by atoms with Crippen molar-refractivity contribution in [2.45, 2.75) is 71.8 Å². The Balaban J connectivity index is 2.41. The van der Waals surface area contributed by atoms with Gasteiger partial charge in [-0.3, -0.25) is 4.79 Å². The summed E-state index contributed by atoms with van der Waals surface area (Å²) in [5.74, 6) is 0.265. The van der Waals surface area contributed by atoms with Crippen molar-refractivity contribution in [3.63, 3.8) is 0 Å². The molecular formula is C15H30N2O. The topological polar surface area (TPSA) is 41.1 Å². The fourth-order valence-corrected chi connectivity index (χ4v) is 2.77. The number of piperidine rings is 1. The van der Waals surface area contributed by atoms with Crippen molar-refractivity contribution in [2.24, 2.45) is 5.41 Å². The van der Waals surface area contributed by atoms with Crippen LogP contribution in [-0.4, -0.2) is 25.0 Å². The van der Waals surface area contributed by atoms with Crippen LogP contribution in [0.15, 0.2) is 0 Å². The Morgan fingerprint density at radius 1 is 1.39 bits per heavy atom. The van der Waals surface area contributed by atoms with Crippen LogP contribution in [0.4, 0.5) is 0 Å². The lowest BCUT2D eigenvalue weighted by molar-refractivity contribution is -0.133. The van der Waals surface area contributed by atoms with E-state index in [1.54, 1.807) is 0 Å². The smallest absolute Gasteiger partial charge is 0.227 e. The molecule has 0 aromatic rings. The van der Waals surface area contributed by atoms with Crippen molar-refractivity contribution in [3.05, 3.63) is 0 Å². The highest BCUT2D eigenvalue weighted by Gasteiger charge is 2.38. The number of rotatable bonds is 7. The van der Waals surface area contributed by atoms with Crippen LogP contribution in [-0.2, 0) is 4.79 Å². The van der Waals surface area contributed by atoms with Gasteiger partial charge in [0, 0.05) is 12.6 Å². The third kappa shape index (κ3) is 4.27. The van der Waals surface area contributed by atoms with Gasteiger partial charge >= 0.3 is 0 Å². The number of amides is 1. The van der Waals surface area contributed by atoms with Gasteiger partial charge < -0.3 is 10.6 Å². The van der Waals surface area contributed by atoms with Gasteiger partial charge in [0.15, 0.2) is 0 Å². The molecule has 1 fully saturated rings. The Hall–Kier alpha value is -0.570. The molecule has 18 heavy (non-hydrogen) atoms. The molecule has 0 aromatic heterocycles. The molecule has 1 aliphatic rings. The molecule has 0 radical (unpaired) electrons. The SMILES string of the molecule is CCCCCC(C)NC(=O)C1(CC)CCCNC1. The van der Waals surface area contributed by atoms with E-state index in [0.717, 1.165) is 38.8 Å². The molecule has 2 N–H and O–H groups in total. The van der Waals surface area contributed by atoms with E-state index in [2.05, 4.69) is 31.4 Å². The standard InChI is InChI=1S/C15H30N2O/c1-4-6-7-9-13(3)17-14(18)15(5-2)10-8-11-16-12-15/h13,16H,4-12H2,1-3H3,(H,17,18). The summed E-state index contributed by atoms with van der Waals surface area (Å²) in [7, 11) is 0. The number of unbranched alkanes of at least 4 members (excludes halogenated alkanes) is 2. The van der Waals surface area contributed by atoms with Crippen molar-refractivity contribution < 1.29 is 4.79 Å². The predicted octanol–water partition coefficient (Wildman–Crippen LogP) is 2.85. The first-order valence-electron chi connectivity index (χ1n) is 7.66. The second-order valence-corrected chi connectivity index (χ2v) is 5.78. The maximum Gasteiger partial charge on any atom is 0.227 e. The Morgan fingerprint density at radius 2 is 2.17 bits per heavy atom. The summed E-state index contributed by atoms with van der Waals surface area (Å²) in [6.07, 6.45) is 7.91. The molecule has 0 spiro atoms. The maximum atomic E-state index is 12.4. The van der Waals surface area contributed by atoms with Gasteiger partial charge in [0.2, 0.25) is 5.91 Å². The van der Waals surface area contributed by atoms with Crippen molar-refractivity contribution >= 4 is 5.91 Å². The summed E-state index contributed by atoms with van der Waals surface area (Å²) < 4.78 is 0. The molecule has 0 bridgehead atoms. The minimum atomic E-state index is -0.155. The summed E-state index contributed by atoms with van der Waals surface area (Å²) in [5, 5.41) is 6.59. The molecule has 2 unspecified atom stereocenters. The van der Waals surface area contributed by atoms with Gasteiger partial charge in [0.25, 0.3) is 0 Å². The Labute approximate surface area is 112 Å². The molecule has 1 rings (SSSR count).